The average molecular weight is 489 g/mol. The summed E-state index contributed by atoms with van der Waals surface area (Å²) in [4.78, 5) is 45.8. The van der Waals surface area contributed by atoms with Gasteiger partial charge in [-0.25, -0.2) is 14.6 Å². The van der Waals surface area contributed by atoms with Crippen molar-refractivity contribution in [1.29, 1.82) is 0 Å². The van der Waals surface area contributed by atoms with Crippen LogP contribution in [0.2, 0.25) is 0 Å². The number of fused-ring (bicyclic) bond motifs is 1. The Morgan fingerprint density at radius 2 is 1.50 bits per heavy atom. The number of H-pyrrole nitrogens is 1. The smallest absolute Gasteiger partial charge is 0.382 e. The van der Waals surface area contributed by atoms with Crippen LogP contribution >= 0.6 is 0 Å². The zero-order chi connectivity index (χ0) is 25.1. The zero-order valence-corrected chi connectivity index (χ0v) is 20.5. The van der Waals surface area contributed by atoms with E-state index in [2.05, 4.69) is 16.8 Å². The molecule has 2 heterocycles. The Morgan fingerprint density at radius 1 is 0.917 bits per heavy atom. The van der Waals surface area contributed by atoms with E-state index in [-0.39, 0.29) is 11.2 Å². The molecule has 0 radical (unpaired) electrons. The Hall–Kier alpha value is -3.60. The highest BCUT2D eigenvalue weighted by Crippen LogP contribution is 2.27. The van der Waals surface area contributed by atoms with Crippen LogP contribution in [0.15, 0.2) is 33.9 Å². The van der Waals surface area contributed by atoms with Crippen molar-refractivity contribution in [1.82, 2.24) is 19.1 Å². The highest BCUT2D eigenvalue weighted by Gasteiger charge is 2.24. The molecule has 0 amide bonds. The second-order valence-corrected chi connectivity index (χ2v) is 10.2. The zero-order valence-electron chi connectivity index (χ0n) is 20.5. The largest absolute Gasteiger partial charge is 0.472 e. The summed E-state index contributed by atoms with van der Waals surface area (Å²) in [5.41, 5.74) is 1.54. The van der Waals surface area contributed by atoms with Crippen molar-refractivity contribution in [3.05, 3.63) is 50.7 Å². The second-order valence-electron chi connectivity index (χ2n) is 10.2. The summed E-state index contributed by atoms with van der Waals surface area (Å²) in [5.74, 6) is 4.78. The number of hydrogen-bond acceptors (Lipinski definition) is 4. The van der Waals surface area contributed by atoms with E-state index >= 15 is 0 Å². The number of aliphatic carboxylic acids is 1. The fourth-order valence-corrected chi connectivity index (χ4v) is 5.72. The average Bonchev–Trinajstić information content (AvgIpc) is 3.35. The molecule has 0 saturated heterocycles. The maximum Gasteiger partial charge on any atom is 0.382 e. The van der Waals surface area contributed by atoms with Gasteiger partial charge in [0.2, 0.25) is 0 Å². The van der Waals surface area contributed by atoms with E-state index in [1.54, 1.807) is 28.8 Å². The molecule has 0 bridgehead atoms. The van der Waals surface area contributed by atoms with Gasteiger partial charge < -0.3 is 10.1 Å². The van der Waals surface area contributed by atoms with Gasteiger partial charge in [-0.2, -0.15) is 0 Å². The van der Waals surface area contributed by atoms with E-state index in [1.807, 2.05) is 0 Å². The number of nitrogens with zero attached hydrogens (tertiary/aromatic N) is 3. The summed E-state index contributed by atoms with van der Waals surface area (Å²) in [6.45, 7) is 1.04. The highest BCUT2D eigenvalue weighted by molar-refractivity contribution is 5.87. The Labute approximate surface area is 209 Å². The first kappa shape index (κ1) is 24.1. The summed E-state index contributed by atoms with van der Waals surface area (Å²) in [5, 5.41) is 8.76. The molecular weight excluding hydrogens is 456 g/mol. The third-order valence-electron chi connectivity index (χ3n) is 7.66. The molecule has 2 aliphatic rings. The summed E-state index contributed by atoms with van der Waals surface area (Å²) in [7, 11) is 0. The molecule has 1 aromatic carbocycles. The molecule has 188 valence electrons. The first-order valence-corrected chi connectivity index (χ1v) is 13.1. The van der Waals surface area contributed by atoms with Gasteiger partial charge >= 0.3 is 11.7 Å². The van der Waals surface area contributed by atoms with Crippen LogP contribution < -0.4 is 11.2 Å². The minimum absolute atomic E-state index is 0.249. The molecule has 0 atom stereocenters. The number of hydrogen-bond donors (Lipinski definition) is 2. The molecule has 2 aromatic heterocycles. The lowest BCUT2D eigenvalue weighted by Gasteiger charge is -2.24. The van der Waals surface area contributed by atoms with Gasteiger partial charge in [0.1, 0.15) is 11.3 Å². The Balaban J connectivity index is 1.56. The number of nitrogens with one attached hydrogen (secondary N) is 1. The van der Waals surface area contributed by atoms with Crippen LogP contribution in [-0.2, 0) is 17.9 Å². The topological polar surface area (TPSA) is 110 Å². The van der Waals surface area contributed by atoms with E-state index in [0.29, 0.717) is 47.5 Å². The van der Waals surface area contributed by atoms with E-state index in [4.69, 9.17) is 10.1 Å². The third-order valence-corrected chi connectivity index (χ3v) is 7.66. The Kier molecular flexibility index (Phi) is 7.08. The molecule has 8 nitrogen and oxygen atoms in total. The fourth-order valence-electron chi connectivity index (χ4n) is 5.72. The van der Waals surface area contributed by atoms with Gasteiger partial charge in [0.05, 0.1) is 0 Å². The first-order valence-electron chi connectivity index (χ1n) is 13.1. The molecular formula is C28H32N4O4. The van der Waals surface area contributed by atoms with Crippen LogP contribution in [0.4, 0.5) is 0 Å². The number of aromatic amines is 1. The van der Waals surface area contributed by atoms with Gasteiger partial charge in [-0.05, 0) is 49.7 Å². The van der Waals surface area contributed by atoms with Crippen LogP contribution in [0, 0.1) is 23.7 Å². The SMILES string of the molecule is O=C(O)C#Cc1ccc(-c2nc3c([nH]2)c(=O)n(CC2CCCCC2)c(=O)n3CC2CCCCC2)cc1. The number of carboxylic acids is 1. The van der Waals surface area contributed by atoms with Gasteiger partial charge in [-0.1, -0.05) is 56.6 Å². The van der Waals surface area contributed by atoms with Gasteiger partial charge in [0.25, 0.3) is 5.56 Å². The lowest BCUT2D eigenvalue weighted by atomic mass is 9.89. The molecule has 5 rings (SSSR count). The van der Waals surface area contributed by atoms with E-state index in [0.717, 1.165) is 44.1 Å². The number of carbonyl (C=O) groups is 1. The van der Waals surface area contributed by atoms with Crippen molar-refractivity contribution in [2.45, 2.75) is 77.3 Å². The van der Waals surface area contributed by atoms with Crippen molar-refractivity contribution in [3.8, 4) is 23.2 Å². The normalized spacial score (nSPS) is 17.1. The number of aromatic nitrogens is 4. The molecule has 8 heteroatoms. The summed E-state index contributed by atoms with van der Waals surface area (Å²) >= 11 is 0. The minimum Gasteiger partial charge on any atom is -0.472 e. The maximum absolute atomic E-state index is 13.7. The predicted octanol–water partition coefficient (Wildman–Crippen LogP) is 4.15. The lowest BCUT2D eigenvalue weighted by Crippen LogP contribution is -2.42. The van der Waals surface area contributed by atoms with Crippen LogP contribution in [-0.4, -0.2) is 30.2 Å². The number of imidazole rings is 1. The molecule has 3 aromatic rings. The molecule has 36 heavy (non-hydrogen) atoms. The number of rotatable bonds is 5. The van der Waals surface area contributed by atoms with Gasteiger partial charge in [0, 0.05) is 30.1 Å². The van der Waals surface area contributed by atoms with Crippen LogP contribution in [0.25, 0.3) is 22.6 Å². The first-order chi connectivity index (χ1) is 17.5. The van der Waals surface area contributed by atoms with Crippen molar-refractivity contribution in [3.63, 3.8) is 0 Å². The highest BCUT2D eigenvalue weighted by atomic mass is 16.4. The van der Waals surface area contributed by atoms with E-state index in [9.17, 15) is 14.4 Å². The van der Waals surface area contributed by atoms with Gasteiger partial charge in [0.15, 0.2) is 5.65 Å². The summed E-state index contributed by atoms with van der Waals surface area (Å²) in [6, 6.07) is 7.01. The summed E-state index contributed by atoms with van der Waals surface area (Å²) < 4.78 is 3.16. The van der Waals surface area contributed by atoms with Crippen LogP contribution in [0.5, 0.6) is 0 Å². The lowest BCUT2D eigenvalue weighted by molar-refractivity contribution is -0.130. The van der Waals surface area contributed by atoms with Crippen molar-refractivity contribution in [2.75, 3.05) is 0 Å². The Bertz CT molecular complexity index is 1420. The van der Waals surface area contributed by atoms with Gasteiger partial charge in [-0.15, -0.1) is 0 Å². The van der Waals surface area contributed by atoms with E-state index < -0.39 is 5.97 Å². The van der Waals surface area contributed by atoms with Crippen molar-refractivity contribution < 1.29 is 9.90 Å². The molecule has 0 unspecified atom stereocenters. The molecule has 2 fully saturated rings. The molecule has 2 saturated carbocycles. The third kappa shape index (κ3) is 5.15. The summed E-state index contributed by atoms with van der Waals surface area (Å²) in [6.07, 6.45) is 11.4. The minimum atomic E-state index is -1.18. The monoisotopic (exact) mass is 488 g/mol. The van der Waals surface area contributed by atoms with Crippen molar-refractivity contribution >= 4 is 17.1 Å². The van der Waals surface area contributed by atoms with Crippen LogP contribution in [0.3, 0.4) is 0 Å². The maximum atomic E-state index is 13.7. The quantitative estimate of drug-likeness (QED) is 0.524. The van der Waals surface area contributed by atoms with Gasteiger partial charge in [-0.3, -0.25) is 13.9 Å². The van der Waals surface area contributed by atoms with Crippen LogP contribution in [0.1, 0.15) is 69.8 Å². The number of carboxylic acid groups (broad SMARTS) is 1. The fraction of sp³-hybridized carbons (Fsp3) is 0.500. The number of benzene rings is 1. The molecule has 2 aliphatic carbocycles. The molecule has 0 spiro atoms. The second kappa shape index (κ2) is 10.6. The molecule has 0 aliphatic heterocycles. The molecule has 2 N–H and O–H groups in total. The predicted molar refractivity (Wildman–Crippen MR) is 138 cm³/mol. The Morgan fingerprint density at radius 3 is 2.08 bits per heavy atom. The standard InChI is InChI=1S/C28H32N4O4/c33-23(34)16-13-19-11-14-22(15-12-19)25-29-24-26(30-25)31(17-20-7-3-1-4-8-20)28(36)32(27(24)35)18-21-9-5-2-6-10-21/h11-12,14-15,20-21H,1-10,17-18H2,(H,29,30)(H,33,34). The van der Waals surface area contributed by atoms with Crippen molar-refractivity contribution in [2.24, 2.45) is 11.8 Å². The van der Waals surface area contributed by atoms with E-state index in [1.165, 1.54) is 30.3 Å².